The molecule has 0 aromatic heterocycles. The van der Waals surface area contributed by atoms with Crippen molar-refractivity contribution in [3.8, 4) is 0 Å². The van der Waals surface area contributed by atoms with E-state index < -0.39 is 0 Å². The lowest BCUT2D eigenvalue weighted by Crippen LogP contribution is -1.98. The summed E-state index contributed by atoms with van der Waals surface area (Å²) in [6, 6.07) is 6.45. The van der Waals surface area contributed by atoms with E-state index in [9.17, 15) is 4.39 Å². The highest BCUT2D eigenvalue weighted by molar-refractivity contribution is 5.98. The van der Waals surface area contributed by atoms with E-state index in [1.165, 1.54) is 13.2 Å². The van der Waals surface area contributed by atoms with Crippen LogP contribution in [0.15, 0.2) is 29.4 Å². The zero-order valence-corrected chi connectivity index (χ0v) is 7.04. The van der Waals surface area contributed by atoms with Gasteiger partial charge in [0.25, 0.3) is 0 Å². The number of halogens is 1. The van der Waals surface area contributed by atoms with Crippen LogP contribution in [0.1, 0.15) is 12.5 Å². The first-order chi connectivity index (χ1) is 5.75. The zero-order valence-electron chi connectivity index (χ0n) is 7.04. The molecule has 1 aromatic rings. The van der Waals surface area contributed by atoms with Crippen LogP contribution < -0.4 is 0 Å². The predicted octanol–water partition coefficient (Wildman–Crippen LogP) is 2.20. The number of benzene rings is 1. The van der Waals surface area contributed by atoms with Crippen molar-refractivity contribution >= 4 is 5.71 Å². The predicted molar refractivity (Wildman–Crippen MR) is 45.6 cm³/mol. The summed E-state index contributed by atoms with van der Waals surface area (Å²) in [6.07, 6.45) is 0. The molecule has 0 unspecified atom stereocenters. The van der Waals surface area contributed by atoms with Crippen molar-refractivity contribution in [2.24, 2.45) is 5.16 Å². The van der Waals surface area contributed by atoms with Gasteiger partial charge in [-0.1, -0.05) is 23.4 Å². The summed E-state index contributed by atoms with van der Waals surface area (Å²) in [6.45, 7) is 1.70. The number of hydrogen-bond donors (Lipinski definition) is 0. The second kappa shape index (κ2) is 3.85. The Morgan fingerprint density at radius 1 is 1.42 bits per heavy atom. The molecule has 64 valence electrons. The standard InChI is InChI=1S/C9H10FNO/c1-7(11-12-2)8-5-3-4-6-9(8)10/h3-6H,1-2H3. The normalized spacial score (nSPS) is 11.4. The first kappa shape index (κ1) is 8.71. The zero-order chi connectivity index (χ0) is 8.97. The van der Waals surface area contributed by atoms with Crippen molar-refractivity contribution < 1.29 is 9.23 Å². The molecule has 0 aliphatic heterocycles. The highest BCUT2D eigenvalue weighted by atomic mass is 19.1. The first-order valence-electron chi connectivity index (χ1n) is 3.58. The van der Waals surface area contributed by atoms with Gasteiger partial charge >= 0.3 is 0 Å². The van der Waals surface area contributed by atoms with Gasteiger partial charge in [0, 0.05) is 5.56 Å². The summed E-state index contributed by atoms with van der Waals surface area (Å²) in [7, 11) is 1.43. The minimum absolute atomic E-state index is 0.282. The maximum atomic E-state index is 13.0. The largest absolute Gasteiger partial charge is 0.399 e. The van der Waals surface area contributed by atoms with Gasteiger partial charge < -0.3 is 4.84 Å². The molecular weight excluding hydrogens is 157 g/mol. The second-order valence-electron chi connectivity index (χ2n) is 2.34. The molecule has 1 aromatic carbocycles. The van der Waals surface area contributed by atoms with Gasteiger partial charge in [-0.2, -0.15) is 0 Å². The van der Waals surface area contributed by atoms with E-state index >= 15 is 0 Å². The summed E-state index contributed by atoms with van der Waals surface area (Å²) in [4.78, 5) is 4.53. The van der Waals surface area contributed by atoms with Crippen molar-refractivity contribution in [3.63, 3.8) is 0 Å². The van der Waals surface area contributed by atoms with Crippen molar-refractivity contribution in [1.82, 2.24) is 0 Å². The molecular formula is C9H10FNO. The van der Waals surface area contributed by atoms with Gasteiger partial charge in [-0.15, -0.1) is 0 Å². The lowest BCUT2D eigenvalue weighted by Gasteiger charge is -1.99. The van der Waals surface area contributed by atoms with Crippen LogP contribution in [-0.4, -0.2) is 12.8 Å². The van der Waals surface area contributed by atoms with Crippen LogP contribution in [-0.2, 0) is 4.84 Å². The van der Waals surface area contributed by atoms with E-state index in [0.29, 0.717) is 11.3 Å². The molecule has 1 rings (SSSR count). The fourth-order valence-corrected chi connectivity index (χ4v) is 0.941. The Morgan fingerprint density at radius 2 is 2.08 bits per heavy atom. The highest BCUT2D eigenvalue weighted by Crippen LogP contribution is 2.07. The summed E-state index contributed by atoms with van der Waals surface area (Å²) < 4.78 is 13.0. The van der Waals surface area contributed by atoms with Crippen molar-refractivity contribution in [2.75, 3.05) is 7.11 Å². The van der Waals surface area contributed by atoms with Gasteiger partial charge in [-0.25, -0.2) is 4.39 Å². The van der Waals surface area contributed by atoms with Gasteiger partial charge in [0.15, 0.2) is 0 Å². The molecule has 0 aliphatic rings. The quantitative estimate of drug-likeness (QED) is 0.488. The van der Waals surface area contributed by atoms with Crippen LogP contribution in [0.4, 0.5) is 4.39 Å². The Kier molecular flexibility index (Phi) is 2.80. The second-order valence-corrected chi connectivity index (χ2v) is 2.34. The van der Waals surface area contributed by atoms with E-state index in [0.717, 1.165) is 0 Å². The van der Waals surface area contributed by atoms with Crippen LogP contribution in [0.3, 0.4) is 0 Å². The van der Waals surface area contributed by atoms with E-state index in [1.807, 2.05) is 0 Å². The molecule has 0 bridgehead atoms. The van der Waals surface area contributed by atoms with Gasteiger partial charge in [-0.05, 0) is 13.0 Å². The SMILES string of the molecule is CON=C(C)c1ccccc1F. The smallest absolute Gasteiger partial charge is 0.132 e. The average molecular weight is 167 g/mol. The molecule has 0 spiro atoms. The lowest BCUT2D eigenvalue weighted by molar-refractivity contribution is 0.213. The Bertz CT molecular complexity index is 296. The third-order valence-electron chi connectivity index (χ3n) is 1.49. The fraction of sp³-hybridized carbons (Fsp3) is 0.222. The maximum absolute atomic E-state index is 13.0. The summed E-state index contributed by atoms with van der Waals surface area (Å²) >= 11 is 0. The van der Waals surface area contributed by atoms with Crippen LogP contribution in [0.25, 0.3) is 0 Å². The van der Waals surface area contributed by atoms with Gasteiger partial charge in [0.1, 0.15) is 12.9 Å². The number of oxime groups is 1. The van der Waals surface area contributed by atoms with Crippen molar-refractivity contribution in [2.45, 2.75) is 6.92 Å². The first-order valence-corrected chi connectivity index (χ1v) is 3.58. The highest BCUT2D eigenvalue weighted by Gasteiger charge is 2.03. The molecule has 12 heavy (non-hydrogen) atoms. The minimum Gasteiger partial charge on any atom is -0.399 e. The molecule has 0 N–H and O–H groups in total. The van der Waals surface area contributed by atoms with Crippen LogP contribution in [0.2, 0.25) is 0 Å². The van der Waals surface area contributed by atoms with Crippen LogP contribution >= 0.6 is 0 Å². The number of nitrogens with zero attached hydrogens (tertiary/aromatic N) is 1. The van der Waals surface area contributed by atoms with Gasteiger partial charge in [-0.3, -0.25) is 0 Å². The third-order valence-corrected chi connectivity index (χ3v) is 1.49. The number of hydrogen-bond acceptors (Lipinski definition) is 2. The topological polar surface area (TPSA) is 21.6 Å². The van der Waals surface area contributed by atoms with Crippen LogP contribution in [0, 0.1) is 5.82 Å². The molecule has 0 fully saturated rings. The summed E-state index contributed by atoms with van der Waals surface area (Å²) in [5.74, 6) is -0.282. The maximum Gasteiger partial charge on any atom is 0.132 e. The Balaban J connectivity index is 3.02. The molecule has 0 saturated heterocycles. The van der Waals surface area contributed by atoms with Gasteiger partial charge in [0.05, 0.1) is 5.71 Å². The molecule has 0 saturated carbocycles. The molecule has 2 nitrogen and oxygen atoms in total. The van der Waals surface area contributed by atoms with E-state index in [4.69, 9.17) is 0 Å². The Hall–Kier alpha value is -1.38. The monoisotopic (exact) mass is 167 g/mol. The van der Waals surface area contributed by atoms with E-state index in [1.54, 1.807) is 25.1 Å². The Morgan fingerprint density at radius 3 is 2.67 bits per heavy atom. The average Bonchev–Trinajstić information content (AvgIpc) is 2.05. The minimum atomic E-state index is -0.282. The Labute approximate surface area is 70.7 Å². The molecule has 3 heteroatoms. The summed E-state index contributed by atoms with van der Waals surface area (Å²) in [5.41, 5.74) is 1.01. The molecule has 0 radical (unpaired) electrons. The fourth-order valence-electron chi connectivity index (χ4n) is 0.941. The van der Waals surface area contributed by atoms with Crippen molar-refractivity contribution in [3.05, 3.63) is 35.6 Å². The van der Waals surface area contributed by atoms with Crippen LogP contribution in [0.5, 0.6) is 0 Å². The third kappa shape index (κ3) is 1.81. The van der Waals surface area contributed by atoms with Gasteiger partial charge in [0.2, 0.25) is 0 Å². The molecule has 0 amide bonds. The van der Waals surface area contributed by atoms with E-state index in [2.05, 4.69) is 9.99 Å². The van der Waals surface area contributed by atoms with E-state index in [-0.39, 0.29) is 5.82 Å². The number of rotatable bonds is 2. The lowest BCUT2D eigenvalue weighted by atomic mass is 10.1. The molecule has 0 heterocycles. The molecule has 0 aliphatic carbocycles. The summed E-state index contributed by atoms with van der Waals surface area (Å²) in [5, 5.41) is 3.63. The van der Waals surface area contributed by atoms with Crippen molar-refractivity contribution in [1.29, 1.82) is 0 Å². The molecule has 0 atom stereocenters.